The maximum Gasteiger partial charge on any atom is 0.668 e. The number of hydrogen-bond donors (Lipinski definition) is 4. The highest BCUT2D eigenvalue weighted by Gasteiger charge is 2.22. The second kappa shape index (κ2) is 3.97. The Morgan fingerprint density at radius 3 is 0.857 bits per heavy atom. The molecule has 0 atom stereocenters. The van der Waals surface area contributed by atoms with E-state index >= 15 is 0 Å². The SMILES string of the molecule is C=C.O[Si](O)(O)O. The first-order chi connectivity index (χ1) is 3.00. The average molecular weight is 124 g/mol. The van der Waals surface area contributed by atoms with Crippen molar-refractivity contribution in [1.29, 1.82) is 0 Å². The lowest BCUT2D eigenvalue weighted by atomic mass is 11.3. The molecule has 0 amide bonds. The van der Waals surface area contributed by atoms with Crippen LogP contribution in [0.5, 0.6) is 0 Å². The molecule has 0 rings (SSSR count). The molecule has 0 aliphatic carbocycles. The molecular formula is C2H8O4Si. The van der Waals surface area contributed by atoms with E-state index < -0.39 is 9.05 Å². The van der Waals surface area contributed by atoms with Crippen molar-refractivity contribution in [1.82, 2.24) is 0 Å². The predicted octanol–water partition coefficient (Wildman–Crippen LogP) is -1.81. The smallest absolute Gasteiger partial charge is 0.368 e. The van der Waals surface area contributed by atoms with Crippen LogP contribution in [0, 0.1) is 0 Å². The van der Waals surface area contributed by atoms with Crippen LogP contribution in [0.15, 0.2) is 13.2 Å². The summed E-state index contributed by atoms with van der Waals surface area (Å²) < 4.78 is 0. The largest absolute Gasteiger partial charge is 0.668 e. The molecule has 4 N–H and O–H groups in total. The van der Waals surface area contributed by atoms with Crippen LogP contribution in [0.3, 0.4) is 0 Å². The van der Waals surface area contributed by atoms with Gasteiger partial charge in [-0.2, -0.15) is 0 Å². The van der Waals surface area contributed by atoms with Crippen LogP contribution in [0.25, 0.3) is 0 Å². The molecule has 0 heterocycles. The van der Waals surface area contributed by atoms with E-state index in [9.17, 15) is 0 Å². The zero-order chi connectivity index (χ0) is 6.50. The van der Waals surface area contributed by atoms with Gasteiger partial charge in [0, 0.05) is 0 Å². The Bertz CT molecular complexity index is 33.4. The fraction of sp³-hybridized carbons (Fsp3) is 0. The van der Waals surface area contributed by atoms with Gasteiger partial charge >= 0.3 is 9.05 Å². The minimum atomic E-state index is -4.61. The summed E-state index contributed by atoms with van der Waals surface area (Å²) >= 11 is 0. The van der Waals surface area contributed by atoms with Gasteiger partial charge in [0.2, 0.25) is 0 Å². The van der Waals surface area contributed by atoms with E-state index in [2.05, 4.69) is 13.2 Å². The van der Waals surface area contributed by atoms with Crippen molar-refractivity contribution < 1.29 is 19.2 Å². The third-order valence-corrected chi connectivity index (χ3v) is 0. The van der Waals surface area contributed by atoms with E-state index in [1.165, 1.54) is 0 Å². The first kappa shape index (κ1) is 9.93. The molecule has 0 bridgehead atoms. The fourth-order valence-corrected chi connectivity index (χ4v) is 0. The van der Waals surface area contributed by atoms with Crippen LogP contribution in [-0.4, -0.2) is 28.2 Å². The van der Waals surface area contributed by atoms with E-state index in [-0.39, 0.29) is 0 Å². The van der Waals surface area contributed by atoms with Crippen molar-refractivity contribution in [2.45, 2.75) is 0 Å². The summed E-state index contributed by atoms with van der Waals surface area (Å²) in [5, 5.41) is 0. The van der Waals surface area contributed by atoms with E-state index in [1.807, 2.05) is 0 Å². The minimum Gasteiger partial charge on any atom is -0.368 e. The first-order valence-corrected chi connectivity index (χ1v) is 3.18. The Labute approximate surface area is 42.5 Å². The zero-order valence-corrected chi connectivity index (χ0v) is 4.70. The molecular weight excluding hydrogens is 116 g/mol. The number of rotatable bonds is 0. The van der Waals surface area contributed by atoms with Crippen LogP contribution in [0.1, 0.15) is 0 Å². The molecule has 0 aromatic carbocycles. The fourth-order valence-electron chi connectivity index (χ4n) is 0. The molecule has 0 saturated heterocycles. The molecule has 0 aromatic heterocycles. The standard InChI is InChI=1S/C2H4.H4O4Si/c1-2;1-5(2,3)4/h1-2H2;1-4H. The van der Waals surface area contributed by atoms with Gasteiger partial charge in [0.1, 0.15) is 0 Å². The molecule has 5 heteroatoms. The maximum atomic E-state index is 7.33. The second-order valence-corrected chi connectivity index (χ2v) is 1.80. The third-order valence-electron chi connectivity index (χ3n) is 0. The Morgan fingerprint density at radius 2 is 0.857 bits per heavy atom. The molecule has 0 spiro atoms. The highest BCUT2D eigenvalue weighted by atomic mass is 28.4. The molecule has 0 aliphatic rings. The average Bonchev–Trinajstić information content (AvgIpc) is 1.36. The van der Waals surface area contributed by atoms with Crippen LogP contribution in [0.4, 0.5) is 0 Å². The normalized spacial score (nSPS) is 9.14. The summed E-state index contributed by atoms with van der Waals surface area (Å²) in [5.41, 5.74) is 0. The predicted molar refractivity (Wildman–Crippen MR) is 25.9 cm³/mol. The first-order valence-electron chi connectivity index (χ1n) is 1.39. The van der Waals surface area contributed by atoms with Gasteiger partial charge in [-0.05, 0) is 0 Å². The van der Waals surface area contributed by atoms with Crippen molar-refractivity contribution in [3.63, 3.8) is 0 Å². The molecule has 0 saturated carbocycles. The summed E-state index contributed by atoms with van der Waals surface area (Å²) in [4.78, 5) is 29.3. The van der Waals surface area contributed by atoms with Gasteiger partial charge in [0.25, 0.3) is 0 Å². The lowest BCUT2D eigenvalue weighted by molar-refractivity contribution is 0.117. The molecule has 7 heavy (non-hydrogen) atoms. The quantitative estimate of drug-likeness (QED) is 0.227. The van der Waals surface area contributed by atoms with E-state index in [0.29, 0.717) is 0 Å². The van der Waals surface area contributed by atoms with Gasteiger partial charge in [-0.25, -0.2) is 0 Å². The zero-order valence-electron chi connectivity index (χ0n) is 3.70. The summed E-state index contributed by atoms with van der Waals surface area (Å²) in [5.74, 6) is 0. The Hall–Kier alpha value is -0.203. The van der Waals surface area contributed by atoms with Crippen LogP contribution >= 0.6 is 0 Å². The molecule has 0 radical (unpaired) electrons. The third kappa shape index (κ3) is 2030. The van der Waals surface area contributed by atoms with Gasteiger partial charge in [0.15, 0.2) is 0 Å². The highest BCUT2D eigenvalue weighted by Crippen LogP contribution is 1.67. The van der Waals surface area contributed by atoms with Crippen molar-refractivity contribution >= 4 is 9.05 Å². The van der Waals surface area contributed by atoms with E-state index in [1.54, 1.807) is 0 Å². The molecule has 0 fully saturated rings. The van der Waals surface area contributed by atoms with E-state index in [0.717, 1.165) is 0 Å². The van der Waals surface area contributed by atoms with Crippen molar-refractivity contribution in [2.24, 2.45) is 0 Å². The van der Waals surface area contributed by atoms with E-state index in [4.69, 9.17) is 19.2 Å². The van der Waals surface area contributed by atoms with Crippen molar-refractivity contribution in [2.75, 3.05) is 0 Å². The topological polar surface area (TPSA) is 80.9 Å². The van der Waals surface area contributed by atoms with Crippen LogP contribution in [0.2, 0.25) is 0 Å². The summed E-state index contributed by atoms with van der Waals surface area (Å²) in [6.45, 7) is 6.00. The van der Waals surface area contributed by atoms with Gasteiger partial charge < -0.3 is 19.2 Å². The van der Waals surface area contributed by atoms with Gasteiger partial charge in [0.05, 0.1) is 0 Å². The monoisotopic (exact) mass is 124 g/mol. The summed E-state index contributed by atoms with van der Waals surface area (Å²) in [6, 6.07) is 0. The highest BCUT2D eigenvalue weighted by molar-refractivity contribution is 6.46. The van der Waals surface area contributed by atoms with Crippen LogP contribution in [-0.2, 0) is 0 Å². The van der Waals surface area contributed by atoms with Gasteiger partial charge in [-0.3, -0.25) is 0 Å². The van der Waals surface area contributed by atoms with Gasteiger partial charge in [-0.15, -0.1) is 13.2 Å². The van der Waals surface area contributed by atoms with Crippen molar-refractivity contribution in [3.05, 3.63) is 13.2 Å². The molecule has 4 nitrogen and oxygen atoms in total. The number of hydrogen-bond acceptors (Lipinski definition) is 4. The summed E-state index contributed by atoms with van der Waals surface area (Å²) in [7, 11) is -4.61. The Morgan fingerprint density at radius 1 is 0.857 bits per heavy atom. The minimum absolute atomic E-state index is 3.00. The van der Waals surface area contributed by atoms with Gasteiger partial charge in [-0.1, -0.05) is 0 Å². The Balaban J connectivity index is 0. The van der Waals surface area contributed by atoms with Crippen molar-refractivity contribution in [3.8, 4) is 0 Å². The molecule has 0 aromatic rings. The Kier molecular flexibility index (Phi) is 5.63. The summed E-state index contributed by atoms with van der Waals surface area (Å²) in [6.07, 6.45) is 0. The second-order valence-electron chi connectivity index (χ2n) is 0.600. The maximum absolute atomic E-state index is 7.33. The van der Waals surface area contributed by atoms with Crippen LogP contribution < -0.4 is 0 Å². The molecule has 44 valence electrons. The molecule has 0 unspecified atom stereocenters. The lowest BCUT2D eigenvalue weighted by Crippen LogP contribution is -2.33. The molecule has 0 aliphatic heterocycles. The lowest BCUT2D eigenvalue weighted by Gasteiger charge is -1.91.